The lowest BCUT2D eigenvalue weighted by Crippen LogP contribution is -2.19. The molecular formula is C11H13NO4. The monoisotopic (exact) mass is 223 g/mol. The van der Waals surface area contributed by atoms with Gasteiger partial charge in [0, 0.05) is 6.42 Å². The highest BCUT2D eigenvalue weighted by atomic mass is 16.5. The summed E-state index contributed by atoms with van der Waals surface area (Å²) < 4.78 is 4.71. The highest BCUT2D eigenvalue weighted by Crippen LogP contribution is 2.10. The van der Waals surface area contributed by atoms with Crippen molar-refractivity contribution in [3.05, 3.63) is 29.8 Å². The number of rotatable bonds is 4. The maximum atomic E-state index is 11.3. The van der Waals surface area contributed by atoms with E-state index < -0.39 is 5.97 Å². The fraction of sp³-hybridized carbons (Fsp3) is 0.273. The number of carbonyl (C=O) groups is 1. The standard InChI is InChI=1S/C11H13NO4/c1-2-16-11(14)10(12-15)7-8-3-5-9(13)6-4-8/h3-6,13,15H,2,7H2,1H3/b12-10+. The summed E-state index contributed by atoms with van der Waals surface area (Å²) >= 11 is 0. The zero-order chi connectivity index (χ0) is 12.0. The van der Waals surface area contributed by atoms with E-state index in [0.717, 1.165) is 5.56 Å². The number of hydrogen-bond acceptors (Lipinski definition) is 5. The summed E-state index contributed by atoms with van der Waals surface area (Å²) in [6.07, 6.45) is 0.162. The van der Waals surface area contributed by atoms with Crippen molar-refractivity contribution in [2.75, 3.05) is 6.61 Å². The van der Waals surface area contributed by atoms with Gasteiger partial charge < -0.3 is 15.1 Å². The Kier molecular flexibility index (Phi) is 4.32. The zero-order valence-electron chi connectivity index (χ0n) is 8.88. The molecule has 0 spiro atoms. The Balaban J connectivity index is 2.71. The van der Waals surface area contributed by atoms with E-state index in [4.69, 9.17) is 15.1 Å². The number of benzene rings is 1. The zero-order valence-corrected chi connectivity index (χ0v) is 8.88. The Morgan fingerprint density at radius 1 is 1.38 bits per heavy atom. The number of phenolic OH excluding ortho intramolecular Hbond substituents is 1. The average molecular weight is 223 g/mol. The van der Waals surface area contributed by atoms with E-state index in [1.54, 1.807) is 19.1 Å². The van der Waals surface area contributed by atoms with Gasteiger partial charge in [-0.1, -0.05) is 17.3 Å². The van der Waals surface area contributed by atoms with Crippen LogP contribution in [0.15, 0.2) is 29.4 Å². The van der Waals surface area contributed by atoms with Crippen molar-refractivity contribution in [3.8, 4) is 5.75 Å². The second-order valence-corrected chi connectivity index (χ2v) is 3.11. The molecular weight excluding hydrogens is 210 g/mol. The molecule has 16 heavy (non-hydrogen) atoms. The molecule has 0 radical (unpaired) electrons. The average Bonchev–Trinajstić information content (AvgIpc) is 2.28. The third-order valence-electron chi connectivity index (χ3n) is 1.94. The van der Waals surface area contributed by atoms with Crippen molar-refractivity contribution in [1.29, 1.82) is 0 Å². The van der Waals surface area contributed by atoms with Gasteiger partial charge in [0.05, 0.1) is 6.61 Å². The van der Waals surface area contributed by atoms with Crippen LogP contribution in [0.25, 0.3) is 0 Å². The second kappa shape index (κ2) is 5.75. The van der Waals surface area contributed by atoms with Gasteiger partial charge in [-0.05, 0) is 24.6 Å². The molecule has 5 nitrogen and oxygen atoms in total. The smallest absolute Gasteiger partial charge is 0.356 e. The Morgan fingerprint density at radius 2 is 2.00 bits per heavy atom. The minimum absolute atomic E-state index is 0.0625. The molecule has 1 rings (SSSR count). The molecule has 1 aromatic carbocycles. The molecule has 0 amide bonds. The summed E-state index contributed by atoms with van der Waals surface area (Å²) in [5.41, 5.74) is 0.686. The number of nitrogens with zero attached hydrogens (tertiary/aromatic N) is 1. The Hall–Kier alpha value is -2.04. The molecule has 0 saturated heterocycles. The summed E-state index contributed by atoms with van der Waals surface area (Å²) in [4.78, 5) is 11.3. The lowest BCUT2D eigenvalue weighted by Gasteiger charge is -2.04. The minimum Gasteiger partial charge on any atom is -0.508 e. The van der Waals surface area contributed by atoms with E-state index >= 15 is 0 Å². The molecule has 0 unspecified atom stereocenters. The minimum atomic E-state index is -0.641. The first-order valence-corrected chi connectivity index (χ1v) is 4.83. The number of phenols is 1. The summed E-state index contributed by atoms with van der Waals surface area (Å²) in [5, 5.41) is 20.7. The molecule has 2 N–H and O–H groups in total. The summed E-state index contributed by atoms with van der Waals surface area (Å²) in [5.74, 6) is -0.500. The molecule has 0 heterocycles. The maximum absolute atomic E-state index is 11.3. The fourth-order valence-corrected chi connectivity index (χ4v) is 1.17. The van der Waals surface area contributed by atoms with E-state index in [-0.39, 0.29) is 24.5 Å². The highest BCUT2D eigenvalue weighted by molar-refractivity contribution is 6.36. The van der Waals surface area contributed by atoms with Crippen molar-refractivity contribution in [2.24, 2.45) is 5.16 Å². The van der Waals surface area contributed by atoms with E-state index in [0.29, 0.717) is 0 Å². The molecule has 5 heteroatoms. The van der Waals surface area contributed by atoms with Crippen LogP contribution in [0.5, 0.6) is 5.75 Å². The van der Waals surface area contributed by atoms with Gasteiger partial charge in [-0.15, -0.1) is 0 Å². The first-order chi connectivity index (χ1) is 7.67. The fourth-order valence-electron chi connectivity index (χ4n) is 1.17. The molecule has 0 aromatic heterocycles. The van der Waals surface area contributed by atoms with Gasteiger partial charge in [0.1, 0.15) is 5.75 Å². The number of hydrogen-bond donors (Lipinski definition) is 2. The molecule has 1 aromatic rings. The van der Waals surface area contributed by atoms with Crippen LogP contribution in [0, 0.1) is 0 Å². The molecule has 0 aliphatic carbocycles. The summed E-state index contributed by atoms with van der Waals surface area (Å²) in [7, 11) is 0. The van der Waals surface area contributed by atoms with Crippen LogP contribution in [-0.2, 0) is 16.0 Å². The van der Waals surface area contributed by atoms with Gasteiger partial charge in [-0.2, -0.15) is 0 Å². The van der Waals surface area contributed by atoms with E-state index in [9.17, 15) is 4.79 Å². The maximum Gasteiger partial charge on any atom is 0.356 e. The summed E-state index contributed by atoms with van der Waals surface area (Å²) in [6.45, 7) is 1.90. The van der Waals surface area contributed by atoms with Crippen LogP contribution in [0.3, 0.4) is 0 Å². The number of esters is 1. The lowest BCUT2D eigenvalue weighted by atomic mass is 10.1. The van der Waals surface area contributed by atoms with E-state index in [1.807, 2.05) is 0 Å². The van der Waals surface area contributed by atoms with E-state index in [1.165, 1.54) is 12.1 Å². The number of ether oxygens (including phenoxy) is 1. The molecule has 0 atom stereocenters. The van der Waals surface area contributed by atoms with Crippen LogP contribution in [0.1, 0.15) is 12.5 Å². The first-order valence-electron chi connectivity index (χ1n) is 4.83. The number of aromatic hydroxyl groups is 1. The molecule has 0 saturated carbocycles. The Bertz CT molecular complexity index is 383. The number of carbonyl (C=O) groups excluding carboxylic acids is 1. The highest BCUT2D eigenvalue weighted by Gasteiger charge is 2.13. The van der Waals surface area contributed by atoms with Crippen molar-refractivity contribution >= 4 is 11.7 Å². The van der Waals surface area contributed by atoms with Gasteiger partial charge in [-0.25, -0.2) is 4.79 Å². The van der Waals surface area contributed by atoms with Gasteiger partial charge in [0.2, 0.25) is 0 Å². The third kappa shape index (κ3) is 3.27. The second-order valence-electron chi connectivity index (χ2n) is 3.11. The predicted octanol–water partition coefficient (Wildman–Crippen LogP) is 1.33. The number of oxime groups is 1. The van der Waals surface area contributed by atoms with Crippen molar-refractivity contribution in [1.82, 2.24) is 0 Å². The lowest BCUT2D eigenvalue weighted by molar-refractivity contribution is -0.135. The molecule has 86 valence electrons. The first kappa shape index (κ1) is 12.0. The molecule has 0 aliphatic rings. The Morgan fingerprint density at radius 3 is 2.50 bits per heavy atom. The topological polar surface area (TPSA) is 79.1 Å². The Labute approximate surface area is 93.0 Å². The van der Waals surface area contributed by atoms with Gasteiger partial charge in [0.15, 0.2) is 5.71 Å². The van der Waals surface area contributed by atoms with Crippen molar-refractivity contribution < 1.29 is 19.8 Å². The molecule has 0 bridgehead atoms. The van der Waals surface area contributed by atoms with Gasteiger partial charge in [0.25, 0.3) is 0 Å². The SMILES string of the molecule is CCOC(=O)/C(Cc1ccc(O)cc1)=N/O. The van der Waals surface area contributed by atoms with E-state index in [2.05, 4.69) is 5.16 Å². The third-order valence-corrected chi connectivity index (χ3v) is 1.94. The van der Waals surface area contributed by atoms with Gasteiger partial charge in [-0.3, -0.25) is 0 Å². The quantitative estimate of drug-likeness (QED) is 0.349. The van der Waals surface area contributed by atoms with Crippen LogP contribution in [0.2, 0.25) is 0 Å². The van der Waals surface area contributed by atoms with Crippen LogP contribution in [-0.4, -0.2) is 28.6 Å². The normalized spacial score (nSPS) is 11.2. The van der Waals surface area contributed by atoms with Crippen LogP contribution >= 0.6 is 0 Å². The van der Waals surface area contributed by atoms with Crippen molar-refractivity contribution in [2.45, 2.75) is 13.3 Å². The molecule has 0 aliphatic heterocycles. The largest absolute Gasteiger partial charge is 0.508 e. The van der Waals surface area contributed by atoms with Crippen LogP contribution < -0.4 is 0 Å². The predicted molar refractivity (Wildman–Crippen MR) is 57.7 cm³/mol. The molecule has 0 fully saturated rings. The van der Waals surface area contributed by atoms with Crippen molar-refractivity contribution in [3.63, 3.8) is 0 Å². The van der Waals surface area contributed by atoms with Crippen LogP contribution in [0.4, 0.5) is 0 Å². The van der Waals surface area contributed by atoms with Gasteiger partial charge >= 0.3 is 5.97 Å². The summed E-state index contributed by atoms with van der Waals surface area (Å²) in [6, 6.07) is 6.27.